The van der Waals surface area contributed by atoms with Gasteiger partial charge in [-0.1, -0.05) is 0 Å². The van der Waals surface area contributed by atoms with Gasteiger partial charge in [0.15, 0.2) is 0 Å². The molecule has 1 aliphatic heterocycles. The quantitative estimate of drug-likeness (QED) is 0.735. The third-order valence-electron chi connectivity index (χ3n) is 4.30. The van der Waals surface area contributed by atoms with Crippen molar-refractivity contribution in [3.8, 4) is 5.75 Å². The number of carbonyl (C=O) groups excluding carboxylic acids is 1. The van der Waals surface area contributed by atoms with Crippen LogP contribution >= 0.6 is 0 Å². The summed E-state index contributed by atoms with van der Waals surface area (Å²) in [6.07, 6.45) is 0.354. The minimum absolute atomic E-state index is 0.0274. The van der Waals surface area contributed by atoms with Crippen LogP contribution in [-0.2, 0) is 31.3 Å². The third kappa shape index (κ3) is 3.68. The molecule has 0 spiro atoms. The topological polar surface area (TPSA) is 136 Å². The van der Waals surface area contributed by atoms with Crippen molar-refractivity contribution in [2.75, 3.05) is 23.3 Å². The number of nitrogens with two attached hydrogens (primary N) is 1. The number of amides is 1. The third-order valence-corrected chi connectivity index (χ3v) is 7.02. The van der Waals surface area contributed by atoms with Crippen LogP contribution in [0.3, 0.4) is 0 Å². The lowest BCUT2D eigenvalue weighted by Gasteiger charge is -2.20. The first-order valence-corrected chi connectivity index (χ1v) is 11.2. The molecule has 0 unspecified atom stereocenters. The number of nitrogens with zero attached hydrogens (tertiary/aromatic N) is 1. The molecule has 11 heteroatoms. The summed E-state index contributed by atoms with van der Waals surface area (Å²) < 4.78 is 55.7. The number of carbonyl (C=O) groups is 1. The molecule has 0 saturated carbocycles. The average molecular weight is 425 g/mol. The van der Waals surface area contributed by atoms with E-state index >= 15 is 0 Å². The number of sulfonamides is 2. The standard InChI is InChI=1S/C17H19N3O6S2/c1-11(21)19-15-10-14(4-6-17(15)26-2)28(24,25)20-8-7-12-9-13(27(18,22)23)3-5-16(12)20/h3-6,9-10H,7-8H2,1-2H3,(H,19,21)(H2,18,22,23). The largest absolute Gasteiger partial charge is 0.495 e. The van der Waals surface area contributed by atoms with E-state index in [1.807, 2.05) is 0 Å². The van der Waals surface area contributed by atoms with E-state index in [-0.39, 0.29) is 27.9 Å². The van der Waals surface area contributed by atoms with Gasteiger partial charge in [-0.15, -0.1) is 0 Å². The van der Waals surface area contributed by atoms with Crippen LogP contribution in [0.25, 0.3) is 0 Å². The molecule has 0 bridgehead atoms. The smallest absolute Gasteiger partial charge is 0.264 e. The number of anilines is 2. The van der Waals surface area contributed by atoms with Gasteiger partial charge in [0.25, 0.3) is 10.0 Å². The molecule has 0 aliphatic carbocycles. The molecular weight excluding hydrogens is 406 g/mol. The molecular formula is C17H19N3O6S2. The van der Waals surface area contributed by atoms with Crippen LogP contribution in [0, 0.1) is 0 Å². The maximum Gasteiger partial charge on any atom is 0.264 e. The van der Waals surface area contributed by atoms with Gasteiger partial charge in [-0.25, -0.2) is 22.0 Å². The molecule has 0 atom stereocenters. The molecule has 2 aromatic carbocycles. The number of primary sulfonamides is 1. The summed E-state index contributed by atoms with van der Waals surface area (Å²) in [5, 5.41) is 7.68. The van der Waals surface area contributed by atoms with Crippen LogP contribution in [0.1, 0.15) is 12.5 Å². The fraction of sp³-hybridized carbons (Fsp3) is 0.235. The first kappa shape index (κ1) is 20.1. The van der Waals surface area contributed by atoms with E-state index in [0.717, 1.165) is 0 Å². The molecule has 1 heterocycles. The Labute approximate surface area is 163 Å². The highest BCUT2D eigenvalue weighted by molar-refractivity contribution is 7.92. The van der Waals surface area contributed by atoms with Crippen molar-refractivity contribution >= 4 is 37.3 Å². The molecule has 2 aromatic rings. The monoisotopic (exact) mass is 425 g/mol. The molecule has 9 nitrogen and oxygen atoms in total. The summed E-state index contributed by atoms with van der Waals surface area (Å²) in [6, 6.07) is 8.26. The fourth-order valence-corrected chi connectivity index (χ4v) is 5.13. The second-order valence-electron chi connectivity index (χ2n) is 6.21. The summed E-state index contributed by atoms with van der Waals surface area (Å²) in [5.74, 6) is -0.0383. The molecule has 0 saturated heterocycles. The van der Waals surface area contributed by atoms with Gasteiger partial charge in [0.1, 0.15) is 5.75 Å². The van der Waals surface area contributed by atoms with Gasteiger partial charge in [0.05, 0.1) is 28.3 Å². The van der Waals surface area contributed by atoms with Crippen LogP contribution in [0.5, 0.6) is 5.75 Å². The van der Waals surface area contributed by atoms with Crippen molar-refractivity contribution in [2.45, 2.75) is 23.1 Å². The SMILES string of the molecule is COc1ccc(S(=O)(=O)N2CCc3cc(S(N)(=O)=O)ccc32)cc1NC(C)=O. The minimum atomic E-state index is -3.94. The molecule has 3 N–H and O–H groups in total. The predicted octanol–water partition coefficient (Wildman–Crippen LogP) is 1.05. The van der Waals surface area contributed by atoms with Gasteiger partial charge in [-0.2, -0.15) is 0 Å². The lowest BCUT2D eigenvalue weighted by atomic mass is 10.2. The molecule has 28 heavy (non-hydrogen) atoms. The van der Waals surface area contributed by atoms with Gasteiger partial charge in [0, 0.05) is 13.5 Å². The summed E-state index contributed by atoms with van der Waals surface area (Å²) in [6.45, 7) is 1.47. The number of benzene rings is 2. The van der Waals surface area contributed by atoms with E-state index in [0.29, 0.717) is 23.4 Å². The van der Waals surface area contributed by atoms with Gasteiger partial charge in [0.2, 0.25) is 15.9 Å². The Morgan fingerprint density at radius 1 is 1.11 bits per heavy atom. The summed E-state index contributed by atoms with van der Waals surface area (Å²) in [7, 11) is -6.40. The number of hydrogen-bond donors (Lipinski definition) is 2. The Morgan fingerprint density at radius 2 is 1.79 bits per heavy atom. The van der Waals surface area contributed by atoms with E-state index in [1.54, 1.807) is 0 Å². The number of hydrogen-bond acceptors (Lipinski definition) is 6. The van der Waals surface area contributed by atoms with E-state index in [1.165, 1.54) is 54.7 Å². The second kappa shape index (κ2) is 7.08. The normalized spacial score (nSPS) is 13.9. The van der Waals surface area contributed by atoms with Crippen molar-refractivity contribution < 1.29 is 26.4 Å². The van der Waals surface area contributed by atoms with Crippen molar-refractivity contribution in [1.82, 2.24) is 0 Å². The van der Waals surface area contributed by atoms with Gasteiger partial charge >= 0.3 is 0 Å². The van der Waals surface area contributed by atoms with E-state index in [9.17, 15) is 21.6 Å². The fourth-order valence-electron chi connectivity index (χ4n) is 3.04. The Balaban J connectivity index is 2.03. The summed E-state index contributed by atoms with van der Waals surface area (Å²) in [4.78, 5) is 11.3. The lowest BCUT2D eigenvalue weighted by Crippen LogP contribution is -2.29. The van der Waals surface area contributed by atoms with Crippen LogP contribution in [0.2, 0.25) is 0 Å². The number of methoxy groups -OCH3 is 1. The lowest BCUT2D eigenvalue weighted by molar-refractivity contribution is -0.114. The highest BCUT2D eigenvalue weighted by Crippen LogP contribution is 2.36. The molecule has 150 valence electrons. The van der Waals surface area contributed by atoms with E-state index in [2.05, 4.69) is 5.32 Å². The van der Waals surface area contributed by atoms with Gasteiger partial charge in [-0.3, -0.25) is 9.10 Å². The van der Waals surface area contributed by atoms with Crippen LogP contribution in [0.4, 0.5) is 11.4 Å². The Hall–Kier alpha value is -2.63. The predicted molar refractivity (Wildman–Crippen MR) is 103 cm³/mol. The molecule has 1 aliphatic rings. The van der Waals surface area contributed by atoms with Gasteiger partial charge < -0.3 is 10.1 Å². The highest BCUT2D eigenvalue weighted by Gasteiger charge is 2.32. The Kier molecular flexibility index (Phi) is 5.08. The summed E-state index contributed by atoms with van der Waals surface area (Å²) in [5.41, 5.74) is 1.20. The molecule has 0 radical (unpaired) electrons. The molecule has 1 amide bonds. The molecule has 3 rings (SSSR count). The minimum Gasteiger partial charge on any atom is -0.495 e. The maximum atomic E-state index is 13.1. The number of ether oxygens (including phenoxy) is 1. The van der Waals surface area contributed by atoms with Crippen molar-refractivity contribution in [3.63, 3.8) is 0 Å². The maximum absolute atomic E-state index is 13.1. The number of fused-ring (bicyclic) bond motifs is 1. The first-order chi connectivity index (χ1) is 13.0. The Bertz CT molecular complexity index is 1160. The summed E-state index contributed by atoms with van der Waals surface area (Å²) >= 11 is 0. The van der Waals surface area contributed by atoms with Crippen LogP contribution in [-0.4, -0.2) is 36.4 Å². The second-order valence-corrected chi connectivity index (χ2v) is 9.63. The van der Waals surface area contributed by atoms with Crippen molar-refractivity contribution in [2.24, 2.45) is 5.14 Å². The zero-order chi connectivity index (χ0) is 20.7. The van der Waals surface area contributed by atoms with Crippen LogP contribution < -0.4 is 19.5 Å². The van der Waals surface area contributed by atoms with Gasteiger partial charge in [-0.05, 0) is 48.4 Å². The number of rotatable bonds is 5. The van der Waals surface area contributed by atoms with Crippen molar-refractivity contribution in [3.05, 3.63) is 42.0 Å². The molecule has 0 fully saturated rings. The first-order valence-electron chi connectivity index (χ1n) is 8.18. The molecule has 0 aromatic heterocycles. The van der Waals surface area contributed by atoms with Crippen molar-refractivity contribution in [1.29, 1.82) is 0 Å². The van der Waals surface area contributed by atoms with E-state index in [4.69, 9.17) is 9.88 Å². The van der Waals surface area contributed by atoms with Crippen LogP contribution in [0.15, 0.2) is 46.2 Å². The number of nitrogens with one attached hydrogen (secondary N) is 1. The van der Waals surface area contributed by atoms with E-state index < -0.39 is 20.0 Å². The highest BCUT2D eigenvalue weighted by atomic mass is 32.2. The zero-order valence-corrected chi connectivity index (χ0v) is 16.8. The zero-order valence-electron chi connectivity index (χ0n) is 15.2. The average Bonchev–Trinajstić information content (AvgIpc) is 3.04. The Morgan fingerprint density at radius 3 is 2.39 bits per heavy atom.